The van der Waals surface area contributed by atoms with Gasteiger partial charge in [0, 0.05) is 43.4 Å². The predicted molar refractivity (Wildman–Crippen MR) is 92.4 cm³/mol. The molecule has 0 aromatic heterocycles. The molecule has 1 amide bonds. The molecular weight excluding hydrogens is 310 g/mol. The van der Waals surface area contributed by atoms with E-state index in [9.17, 15) is 14.9 Å². The molecule has 2 rings (SSSR count). The third kappa shape index (κ3) is 4.59. The van der Waals surface area contributed by atoms with Crippen molar-refractivity contribution in [3.05, 3.63) is 28.3 Å². The van der Waals surface area contributed by atoms with E-state index in [-0.39, 0.29) is 23.4 Å². The molecular formula is C17H25N3O4. The molecule has 132 valence electrons. The summed E-state index contributed by atoms with van der Waals surface area (Å²) in [6, 6.07) is 4.93. The van der Waals surface area contributed by atoms with Gasteiger partial charge in [0.25, 0.3) is 0 Å². The maximum atomic E-state index is 11.7. The lowest BCUT2D eigenvalue weighted by atomic mass is 10.1. The van der Waals surface area contributed by atoms with Crippen LogP contribution in [0.4, 0.5) is 11.4 Å². The van der Waals surface area contributed by atoms with E-state index in [2.05, 4.69) is 5.32 Å². The van der Waals surface area contributed by atoms with Gasteiger partial charge < -0.3 is 15.0 Å². The Morgan fingerprint density at radius 3 is 2.75 bits per heavy atom. The number of benzene rings is 1. The minimum Gasteiger partial charge on any atom is -0.481 e. The largest absolute Gasteiger partial charge is 0.481 e. The summed E-state index contributed by atoms with van der Waals surface area (Å²) >= 11 is 0. The Morgan fingerprint density at radius 2 is 2.17 bits per heavy atom. The minimum atomic E-state index is -0.527. The van der Waals surface area contributed by atoms with Gasteiger partial charge in [0.15, 0.2) is 5.75 Å². The zero-order chi connectivity index (χ0) is 17.9. The Labute approximate surface area is 142 Å². The van der Waals surface area contributed by atoms with Crippen molar-refractivity contribution in [1.29, 1.82) is 0 Å². The van der Waals surface area contributed by atoms with Crippen molar-refractivity contribution in [2.24, 2.45) is 0 Å². The Kier molecular flexibility index (Phi) is 5.31. The maximum absolute atomic E-state index is 11.7. The Morgan fingerprint density at radius 1 is 1.46 bits per heavy atom. The molecule has 1 aromatic carbocycles. The summed E-state index contributed by atoms with van der Waals surface area (Å²) < 4.78 is 5.73. The van der Waals surface area contributed by atoms with Gasteiger partial charge in [-0.3, -0.25) is 14.9 Å². The summed E-state index contributed by atoms with van der Waals surface area (Å²) in [7, 11) is 0. The third-order valence-electron chi connectivity index (χ3n) is 3.79. The smallest absolute Gasteiger partial charge is 0.311 e. The van der Waals surface area contributed by atoms with Crippen LogP contribution in [0.15, 0.2) is 18.2 Å². The van der Waals surface area contributed by atoms with Crippen molar-refractivity contribution in [1.82, 2.24) is 4.90 Å². The quantitative estimate of drug-likeness (QED) is 0.660. The molecule has 0 radical (unpaired) electrons. The Balaban J connectivity index is 2.13. The number of anilines is 1. The number of ether oxygens (including phenoxy) is 1. The second-order valence-corrected chi connectivity index (χ2v) is 6.98. The number of carbonyl (C=O) groups is 1. The molecule has 0 bridgehead atoms. The highest BCUT2D eigenvalue weighted by Crippen LogP contribution is 2.33. The lowest BCUT2D eigenvalue weighted by molar-refractivity contribution is -0.386. The molecule has 7 heteroatoms. The topological polar surface area (TPSA) is 84.7 Å². The normalized spacial score (nSPS) is 17.7. The second-order valence-electron chi connectivity index (χ2n) is 6.98. The van der Waals surface area contributed by atoms with Crippen LogP contribution in [0.25, 0.3) is 0 Å². The molecule has 1 N–H and O–H groups in total. The van der Waals surface area contributed by atoms with E-state index in [1.165, 1.54) is 6.07 Å². The molecule has 1 heterocycles. The molecule has 1 aliphatic heterocycles. The second kappa shape index (κ2) is 7.07. The molecule has 1 aromatic rings. The van der Waals surface area contributed by atoms with Crippen molar-refractivity contribution >= 4 is 17.3 Å². The fourth-order valence-electron chi connectivity index (χ4n) is 2.73. The first-order chi connectivity index (χ1) is 11.2. The first-order valence-electron chi connectivity index (χ1n) is 8.21. The molecule has 0 saturated carbocycles. The lowest BCUT2D eigenvalue weighted by Crippen LogP contribution is -2.31. The van der Waals surface area contributed by atoms with Crippen molar-refractivity contribution in [2.75, 3.05) is 18.4 Å². The predicted octanol–water partition coefficient (Wildman–Crippen LogP) is 3.19. The average Bonchev–Trinajstić information content (AvgIpc) is 2.93. The van der Waals surface area contributed by atoms with E-state index < -0.39 is 10.5 Å². The fourth-order valence-corrected chi connectivity index (χ4v) is 2.73. The molecule has 1 atom stereocenters. The molecule has 0 unspecified atom stereocenters. The van der Waals surface area contributed by atoms with Crippen LogP contribution in [0.5, 0.6) is 5.75 Å². The number of nitro groups is 1. The number of rotatable bonds is 5. The van der Waals surface area contributed by atoms with Crippen LogP contribution in [0.1, 0.15) is 40.5 Å². The van der Waals surface area contributed by atoms with Crippen LogP contribution >= 0.6 is 0 Å². The molecule has 1 saturated heterocycles. The minimum absolute atomic E-state index is 0.0512. The number of likely N-dealkylation sites (tertiary alicyclic amines) is 1. The number of nitrogens with one attached hydrogen (secondary N) is 1. The highest BCUT2D eigenvalue weighted by atomic mass is 16.6. The average molecular weight is 335 g/mol. The molecule has 7 nitrogen and oxygen atoms in total. The SMILES string of the molecule is CCC(=O)N1CC[C@@H](Nc2ccc([N+](=O)[O-])c(OC(C)(C)C)c2)C1. The number of carbonyl (C=O) groups excluding carboxylic acids is 1. The van der Waals surface area contributed by atoms with E-state index >= 15 is 0 Å². The van der Waals surface area contributed by atoms with Gasteiger partial charge in [-0.25, -0.2) is 0 Å². The van der Waals surface area contributed by atoms with Gasteiger partial charge in [0.2, 0.25) is 5.91 Å². The Hall–Kier alpha value is -2.31. The summed E-state index contributed by atoms with van der Waals surface area (Å²) in [6.07, 6.45) is 1.37. The van der Waals surface area contributed by atoms with Crippen molar-refractivity contribution in [3.63, 3.8) is 0 Å². The first-order valence-corrected chi connectivity index (χ1v) is 8.21. The zero-order valence-electron chi connectivity index (χ0n) is 14.7. The van der Waals surface area contributed by atoms with E-state index in [0.717, 1.165) is 18.7 Å². The fraction of sp³-hybridized carbons (Fsp3) is 0.588. The number of hydrogen-bond acceptors (Lipinski definition) is 5. The van der Waals surface area contributed by atoms with Crippen LogP contribution in [0.3, 0.4) is 0 Å². The van der Waals surface area contributed by atoms with E-state index in [1.54, 1.807) is 12.1 Å². The van der Waals surface area contributed by atoms with E-state index in [4.69, 9.17) is 4.74 Å². The molecule has 0 spiro atoms. The van der Waals surface area contributed by atoms with Crippen LogP contribution in [-0.4, -0.2) is 40.5 Å². The van der Waals surface area contributed by atoms with Crippen LogP contribution in [0, 0.1) is 10.1 Å². The summed E-state index contributed by atoms with van der Waals surface area (Å²) in [5.74, 6) is 0.400. The lowest BCUT2D eigenvalue weighted by Gasteiger charge is -2.22. The van der Waals surface area contributed by atoms with Gasteiger partial charge in [-0.15, -0.1) is 0 Å². The van der Waals surface area contributed by atoms with Gasteiger partial charge >= 0.3 is 5.69 Å². The van der Waals surface area contributed by atoms with Crippen molar-refractivity contribution < 1.29 is 14.5 Å². The highest BCUT2D eigenvalue weighted by Gasteiger charge is 2.26. The van der Waals surface area contributed by atoms with Gasteiger partial charge in [-0.1, -0.05) is 6.92 Å². The Bertz CT molecular complexity index is 625. The van der Waals surface area contributed by atoms with E-state index in [1.807, 2.05) is 32.6 Å². The van der Waals surface area contributed by atoms with Gasteiger partial charge in [-0.05, 0) is 33.3 Å². The van der Waals surface area contributed by atoms with Gasteiger partial charge in [0.1, 0.15) is 5.60 Å². The van der Waals surface area contributed by atoms with Crippen LogP contribution in [0.2, 0.25) is 0 Å². The summed E-state index contributed by atoms with van der Waals surface area (Å²) in [5.41, 5.74) is 0.182. The van der Waals surface area contributed by atoms with Crippen LogP contribution < -0.4 is 10.1 Å². The summed E-state index contributed by atoms with van der Waals surface area (Å²) in [6.45, 7) is 8.80. The molecule has 1 fully saturated rings. The number of hydrogen-bond donors (Lipinski definition) is 1. The number of nitro benzene ring substituents is 1. The molecule has 24 heavy (non-hydrogen) atoms. The standard InChI is InChI=1S/C17H25N3O4/c1-5-16(21)19-9-8-13(11-19)18-12-6-7-14(20(22)23)15(10-12)24-17(2,3)4/h6-7,10,13,18H,5,8-9,11H2,1-4H3/t13-/m1/s1. The highest BCUT2D eigenvalue weighted by molar-refractivity contribution is 5.76. The molecule has 0 aliphatic carbocycles. The third-order valence-corrected chi connectivity index (χ3v) is 3.79. The maximum Gasteiger partial charge on any atom is 0.311 e. The number of amides is 1. The summed E-state index contributed by atoms with van der Waals surface area (Å²) in [4.78, 5) is 24.3. The summed E-state index contributed by atoms with van der Waals surface area (Å²) in [5, 5.41) is 14.5. The van der Waals surface area contributed by atoms with Crippen molar-refractivity contribution in [2.45, 2.75) is 52.2 Å². The van der Waals surface area contributed by atoms with Gasteiger partial charge in [-0.2, -0.15) is 0 Å². The number of nitrogens with zero attached hydrogens (tertiary/aromatic N) is 2. The zero-order valence-corrected chi connectivity index (χ0v) is 14.7. The van der Waals surface area contributed by atoms with Crippen LogP contribution in [-0.2, 0) is 4.79 Å². The molecule has 1 aliphatic rings. The van der Waals surface area contributed by atoms with E-state index in [0.29, 0.717) is 13.0 Å². The first kappa shape index (κ1) is 18.0. The monoisotopic (exact) mass is 335 g/mol. The van der Waals surface area contributed by atoms with Gasteiger partial charge in [0.05, 0.1) is 4.92 Å². The van der Waals surface area contributed by atoms with Crippen molar-refractivity contribution in [3.8, 4) is 5.75 Å².